The van der Waals surface area contributed by atoms with Crippen LogP contribution in [0, 0.1) is 0 Å². The van der Waals surface area contributed by atoms with Gasteiger partial charge in [-0.1, -0.05) is 139 Å². The van der Waals surface area contributed by atoms with Crippen LogP contribution in [0.25, 0.3) is 11.4 Å². The van der Waals surface area contributed by atoms with Crippen LogP contribution in [0.3, 0.4) is 0 Å². The molecule has 0 fully saturated rings. The van der Waals surface area contributed by atoms with Crippen LogP contribution in [0.5, 0.6) is 0 Å². The summed E-state index contributed by atoms with van der Waals surface area (Å²) in [5.74, 6) is 0.986. The minimum Gasteiger partial charge on any atom is -0.311 e. The molecule has 0 saturated carbocycles. The third-order valence-corrected chi connectivity index (χ3v) is 15.8. The van der Waals surface area contributed by atoms with E-state index in [1.54, 1.807) is 0 Å². The van der Waals surface area contributed by atoms with Crippen molar-refractivity contribution in [3.8, 4) is 11.4 Å². The zero-order valence-corrected chi connectivity index (χ0v) is 40.5. The second-order valence-electron chi connectivity index (χ2n) is 24.1. The maximum atomic E-state index is 5.81. The Bertz CT molecular complexity index is 2660. The van der Waals surface area contributed by atoms with E-state index in [4.69, 9.17) is 9.97 Å². The summed E-state index contributed by atoms with van der Waals surface area (Å²) in [6, 6.07) is 37.9. The van der Waals surface area contributed by atoms with Gasteiger partial charge in [-0.3, -0.25) is 9.88 Å². The maximum Gasteiger partial charge on any atom is 0.254 e. The number of hydrogen-bond acceptors (Lipinski definition) is 4. The summed E-state index contributed by atoms with van der Waals surface area (Å²) >= 11 is 0. The Balaban J connectivity index is 1.33. The van der Waals surface area contributed by atoms with Gasteiger partial charge < -0.3 is 4.90 Å². The number of hydrogen-bond donors (Lipinski definition) is 0. The summed E-state index contributed by atoms with van der Waals surface area (Å²) in [6.07, 6.45) is 6.58. The minimum atomic E-state index is -0.0467. The lowest BCUT2D eigenvalue weighted by atomic mass is 9.33. The molecule has 2 aromatic heterocycles. The average molecular weight is 831 g/mol. The van der Waals surface area contributed by atoms with E-state index in [1.165, 1.54) is 85.4 Å². The minimum absolute atomic E-state index is 0.0261. The van der Waals surface area contributed by atoms with Crippen LogP contribution < -0.4 is 26.2 Å². The summed E-state index contributed by atoms with van der Waals surface area (Å²) < 4.78 is 0. The first-order chi connectivity index (χ1) is 29.5. The van der Waals surface area contributed by atoms with Crippen LogP contribution >= 0.6 is 0 Å². The van der Waals surface area contributed by atoms with E-state index < -0.39 is 0 Å². The molecule has 322 valence electrons. The third kappa shape index (κ3) is 6.61. The quantitative estimate of drug-likeness (QED) is 0.166. The monoisotopic (exact) mass is 831 g/mol. The standard InChI is InChI=1S/C58H67BN4/c1-53(2,3)36-18-24-44-48(31-36)62(38-20-22-40-42(33-38)57(11,12)28-26-55(40,7)8)50-35-47(46-17-15-16-30-60-46)61-52-51(50)59(44)45-25-19-37(54(4,5)6)32-49(45)63(52)39-21-23-41-43(34-39)58(13,14)29-27-56(41,9)10/h15-25,30-35H,26-29H2,1-14H3. The van der Waals surface area contributed by atoms with Crippen molar-refractivity contribution in [2.24, 2.45) is 0 Å². The maximum absolute atomic E-state index is 5.81. The Morgan fingerprint density at radius 3 is 1.43 bits per heavy atom. The number of fused-ring (bicyclic) bond motifs is 6. The van der Waals surface area contributed by atoms with Gasteiger partial charge in [0.1, 0.15) is 5.82 Å². The van der Waals surface area contributed by atoms with Gasteiger partial charge >= 0.3 is 0 Å². The molecule has 0 spiro atoms. The van der Waals surface area contributed by atoms with Crippen LogP contribution in [0.4, 0.5) is 34.3 Å². The molecule has 0 unspecified atom stereocenters. The van der Waals surface area contributed by atoms with Crippen molar-refractivity contribution in [3.63, 3.8) is 0 Å². The normalized spacial score (nSPS) is 18.8. The topological polar surface area (TPSA) is 32.3 Å². The highest BCUT2D eigenvalue weighted by molar-refractivity contribution is 7.00. The van der Waals surface area contributed by atoms with Crippen LogP contribution in [0.1, 0.15) is 156 Å². The van der Waals surface area contributed by atoms with E-state index >= 15 is 0 Å². The molecular formula is C58H67BN4. The Kier molecular flexibility index (Phi) is 9.08. The molecule has 0 radical (unpaired) electrons. The molecule has 0 atom stereocenters. The van der Waals surface area contributed by atoms with Crippen molar-refractivity contribution in [1.29, 1.82) is 0 Å². The molecule has 5 heteroatoms. The second kappa shape index (κ2) is 13.7. The fourth-order valence-corrected chi connectivity index (χ4v) is 11.4. The molecular weight excluding hydrogens is 763 g/mol. The summed E-state index contributed by atoms with van der Waals surface area (Å²) in [5.41, 5.74) is 20.4. The number of rotatable bonds is 3. The molecule has 10 rings (SSSR count). The Labute approximate surface area is 378 Å². The molecule has 2 aliphatic carbocycles. The number of aromatic nitrogens is 2. The molecule has 63 heavy (non-hydrogen) atoms. The van der Waals surface area contributed by atoms with E-state index in [1.807, 2.05) is 12.3 Å². The Hall–Kier alpha value is -5.16. The van der Waals surface area contributed by atoms with Gasteiger partial charge in [0, 0.05) is 34.6 Å². The van der Waals surface area contributed by atoms with Gasteiger partial charge in [-0.05, 0) is 163 Å². The smallest absolute Gasteiger partial charge is 0.254 e. The van der Waals surface area contributed by atoms with Crippen LogP contribution in [-0.4, -0.2) is 16.7 Å². The van der Waals surface area contributed by atoms with Gasteiger partial charge in [0.2, 0.25) is 0 Å². The first-order valence-electron chi connectivity index (χ1n) is 23.6. The largest absolute Gasteiger partial charge is 0.311 e. The van der Waals surface area contributed by atoms with E-state index in [2.05, 4.69) is 198 Å². The average Bonchev–Trinajstić information content (AvgIpc) is 3.23. The number of anilines is 6. The molecule has 4 aliphatic rings. The zero-order valence-electron chi connectivity index (χ0n) is 40.5. The van der Waals surface area contributed by atoms with Crippen LogP contribution in [-0.2, 0) is 32.5 Å². The van der Waals surface area contributed by atoms with Crippen molar-refractivity contribution >= 4 is 57.4 Å². The molecule has 4 nitrogen and oxygen atoms in total. The molecule has 4 aromatic carbocycles. The van der Waals surface area contributed by atoms with Gasteiger partial charge in [-0.2, -0.15) is 0 Å². The zero-order chi connectivity index (χ0) is 44.8. The van der Waals surface area contributed by atoms with E-state index in [9.17, 15) is 0 Å². The molecule has 0 bridgehead atoms. The van der Waals surface area contributed by atoms with E-state index in [0.29, 0.717) is 0 Å². The highest BCUT2D eigenvalue weighted by Crippen LogP contribution is 2.52. The summed E-state index contributed by atoms with van der Waals surface area (Å²) in [7, 11) is 0. The third-order valence-electron chi connectivity index (χ3n) is 15.8. The highest BCUT2D eigenvalue weighted by Gasteiger charge is 2.47. The molecule has 4 heterocycles. The van der Waals surface area contributed by atoms with Gasteiger partial charge in [0.25, 0.3) is 6.71 Å². The predicted molar refractivity (Wildman–Crippen MR) is 269 cm³/mol. The molecule has 0 saturated heterocycles. The van der Waals surface area contributed by atoms with Crippen molar-refractivity contribution < 1.29 is 0 Å². The van der Waals surface area contributed by atoms with Gasteiger partial charge in [-0.15, -0.1) is 0 Å². The Morgan fingerprint density at radius 1 is 0.476 bits per heavy atom. The van der Waals surface area contributed by atoms with Gasteiger partial charge in [0.05, 0.1) is 11.4 Å². The summed E-state index contributed by atoms with van der Waals surface area (Å²) in [6.45, 7) is 33.4. The fourth-order valence-electron chi connectivity index (χ4n) is 11.4. The molecule has 6 aromatic rings. The van der Waals surface area contributed by atoms with Crippen molar-refractivity contribution in [1.82, 2.24) is 9.97 Å². The fraction of sp³-hybridized carbons (Fsp3) is 0.414. The first kappa shape index (κ1) is 41.8. The van der Waals surface area contributed by atoms with Crippen molar-refractivity contribution in [3.05, 3.63) is 137 Å². The predicted octanol–water partition coefficient (Wildman–Crippen LogP) is 13.5. The summed E-state index contributed by atoms with van der Waals surface area (Å²) in [5, 5.41) is 0. The lowest BCUT2D eigenvalue weighted by Crippen LogP contribution is -2.61. The Morgan fingerprint density at radius 2 is 0.952 bits per heavy atom. The van der Waals surface area contributed by atoms with E-state index in [0.717, 1.165) is 35.7 Å². The molecule has 0 N–H and O–H groups in total. The van der Waals surface area contributed by atoms with Crippen molar-refractivity contribution in [2.45, 2.75) is 155 Å². The lowest BCUT2D eigenvalue weighted by Gasteiger charge is -2.46. The first-order valence-corrected chi connectivity index (χ1v) is 23.6. The van der Waals surface area contributed by atoms with Crippen LogP contribution in [0.15, 0.2) is 103 Å². The highest BCUT2D eigenvalue weighted by atomic mass is 15.2. The van der Waals surface area contributed by atoms with Crippen LogP contribution in [0.2, 0.25) is 0 Å². The number of benzene rings is 4. The number of nitrogens with zero attached hydrogens (tertiary/aromatic N) is 4. The SMILES string of the molecule is CC(C)(C)c1ccc2c(c1)N(c1ccc3c(c1)C(C)(C)CCC3(C)C)c1cc(-c3ccccn3)nc3c1B2c1ccc(C(C)(C)C)cc1N3c1ccc2c(c1)C(C)(C)CCC2(C)C. The second-order valence-corrected chi connectivity index (χ2v) is 24.1. The molecule has 2 aliphatic heterocycles. The van der Waals surface area contributed by atoms with Crippen molar-refractivity contribution in [2.75, 3.05) is 9.80 Å². The lowest BCUT2D eigenvalue weighted by molar-refractivity contribution is 0.332. The van der Waals surface area contributed by atoms with Gasteiger partial charge in [-0.25, -0.2) is 4.98 Å². The summed E-state index contributed by atoms with van der Waals surface area (Å²) in [4.78, 5) is 15.9. The number of pyridine rings is 2. The van der Waals surface area contributed by atoms with E-state index in [-0.39, 0.29) is 39.2 Å². The molecule has 0 amide bonds. The van der Waals surface area contributed by atoms with Gasteiger partial charge in [0.15, 0.2) is 0 Å².